The second-order valence-electron chi connectivity index (χ2n) is 7.37. The van der Waals surface area contributed by atoms with Gasteiger partial charge in [-0.1, -0.05) is 25.1 Å². The first-order valence-corrected chi connectivity index (χ1v) is 8.67. The van der Waals surface area contributed by atoms with Gasteiger partial charge in [0, 0.05) is 32.1 Å². The van der Waals surface area contributed by atoms with Crippen LogP contribution < -0.4 is 5.73 Å². The maximum absolute atomic E-state index is 12.7. The van der Waals surface area contributed by atoms with Crippen molar-refractivity contribution >= 4 is 23.1 Å². The predicted octanol–water partition coefficient (Wildman–Crippen LogP) is 1.63. The Bertz CT molecular complexity index is 431. The molecule has 2 N–H and O–H groups in total. The van der Waals surface area contributed by atoms with Crippen molar-refractivity contribution < 1.29 is 4.79 Å². The molecule has 2 unspecified atom stereocenters. The first kappa shape index (κ1) is 15.2. The molecule has 2 aliphatic carbocycles. The second kappa shape index (κ2) is 5.51. The van der Waals surface area contributed by atoms with Crippen LogP contribution in [0.15, 0.2) is 0 Å². The van der Waals surface area contributed by atoms with Crippen molar-refractivity contribution in [3.8, 4) is 0 Å². The van der Waals surface area contributed by atoms with Gasteiger partial charge in [-0.2, -0.15) is 0 Å². The fourth-order valence-corrected chi connectivity index (χ4v) is 4.34. The topological polar surface area (TPSA) is 49.6 Å². The van der Waals surface area contributed by atoms with Gasteiger partial charge in [-0.25, -0.2) is 0 Å². The van der Waals surface area contributed by atoms with E-state index < -0.39 is 0 Å². The number of thiocarbonyl (C=S) groups is 1. The van der Waals surface area contributed by atoms with Crippen LogP contribution in [0.5, 0.6) is 0 Å². The fraction of sp³-hybridized carbons (Fsp3) is 0.875. The number of fused-ring (bicyclic) bond motifs is 1. The van der Waals surface area contributed by atoms with Crippen LogP contribution in [0.4, 0.5) is 0 Å². The first-order chi connectivity index (χ1) is 9.93. The monoisotopic (exact) mass is 309 g/mol. The molecule has 2 atom stereocenters. The Hall–Kier alpha value is -0.680. The molecular weight excluding hydrogens is 282 g/mol. The lowest BCUT2D eigenvalue weighted by molar-refractivity contribution is -0.135. The molecule has 0 aromatic carbocycles. The highest BCUT2D eigenvalue weighted by Gasteiger charge is 2.55. The largest absolute Gasteiger partial charge is 0.392 e. The second-order valence-corrected chi connectivity index (χ2v) is 7.81. The van der Waals surface area contributed by atoms with Crippen LogP contribution in [0.3, 0.4) is 0 Å². The van der Waals surface area contributed by atoms with Gasteiger partial charge in [0.2, 0.25) is 5.91 Å². The number of carbonyl (C=O) groups is 1. The van der Waals surface area contributed by atoms with E-state index in [0.717, 1.165) is 26.2 Å². The van der Waals surface area contributed by atoms with Gasteiger partial charge in [-0.3, -0.25) is 9.69 Å². The Kier molecular flexibility index (Phi) is 3.99. The third-order valence-corrected chi connectivity index (χ3v) is 6.43. The fourth-order valence-electron chi connectivity index (χ4n) is 4.21. The smallest absolute Gasteiger partial charge is 0.226 e. The van der Waals surface area contributed by atoms with Crippen LogP contribution >= 0.6 is 12.2 Å². The molecule has 0 radical (unpaired) electrons. The molecule has 118 valence electrons. The lowest BCUT2D eigenvalue weighted by Gasteiger charge is -2.43. The van der Waals surface area contributed by atoms with Crippen LogP contribution in [0.25, 0.3) is 0 Å². The third kappa shape index (κ3) is 2.70. The lowest BCUT2D eigenvalue weighted by atomic mass is 10.0. The van der Waals surface area contributed by atoms with Crippen molar-refractivity contribution in [3.63, 3.8) is 0 Å². The van der Waals surface area contributed by atoms with Crippen LogP contribution in [-0.2, 0) is 4.79 Å². The molecule has 0 spiro atoms. The van der Waals surface area contributed by atoms with Crippen molar-refractivity contribution in [2.45, 2.75) is 45.1 Å². The van der Waals surface area contributed by atoms with Gasteiger partial charge in [0.1, 0.15) is 0 Å². The van der Waals surface area contributed by atoms with E-state index in [0.29, 0.717) is 28.6 Å². The van der Waals surface area contributed by atoms with E-state index in [1.54, 1.807) is 0 Å². The molecule has 2 saturated carbocycles. The van der Waals surface area contributed by atoms with Gasteiger partial charge < -0.3 is 10.6 Å². The SMILES string of the molecule is CC(C)(C(N)=S)N1CCN(C(=O)C2C3CCCCC32)CC1. The summed E-state index contributed by atoms with van der Waals surface area (Å²) in [7, 11) is 0. The number of amides is 1. The Morgan fingerprint density at radius 3 is 2.10 bits per heavy atom. The molecule has 0 aromatic heterocycles. The molecule has 3 rings (SSSR count). The zero-order chi connectivity index (χ0) is 15.2. The quantitative estimate of drug-likeness (QED) is 0.805. The molecule has 0 aromatic rings. The van der Waals surface area contributed by atoms with E-state index in [1.807, 2.05) is 0 Å². The molecule has 1 heterocycles. The highest BCUT2D eigenvalue weighted by Crippen LogP contribution is 2.56. The summed E-state index contributed by atoms with van der Waals surface area (Å²) in [5, 5.41) is 0. The van der Waals surface area contributed by atoms with Crippen molar-refractivity contribution in [2.24, 2.45) is 23.5 Å². The Balaban J connectivity index is 1.54. The molecule has 3 aliphatic rings. The summed E-state index contributed by atoms with van der Waals surface area (Å²) in [5.74, 6) is 2.18. The Morgan fingerprint density at radius 2 is 1.62 bits per heavy atom. The maximum Gasteiger partial charge on any atom is 0.226 e. The van der Waals surface area contributed by atoms with E-state index in [9.17, 15) is 4.79 Å². The first-order valence-electron chi connectivity index (χ1n) is 8.26. The summed E-state index contributed by atoms with van der Waals surface area (Å²) in [5.41, 5.74) is 5.59. The normalized spacial score (nSPS) is 33.4. The molecule has 3 fully saturated rings. The van der Waals surface area contributed by atoms with E-state index in [1.165, 1.54) is 25.7 Å². The number of hydrogen-bond acceptors (Lipinski definition) is 3. The molecule has 21 heavy (non-hydrogen) atoms. The average molecular weight is 309 g/mol. The van der Waals surface area contributed by atoms with Gasteiger partial charge >= 0.3 is 0 Å². The minimum absolute atomic E-state index is 0.252. The number of piperazine rings is 1. The summed E-state index contributed by atoms with van der Waals surface area (Å²) in [6.45, 7) is 7.53. The zero-order valence-corrected chi connectivity index (χ0v) is 14.0. The molecule has 1 saturated heterocycles. The molecule has 1 amide bonds. The highest BCUT2D eigenvalue weighted by atomic mass is 32.1. The van der Waals surface area contributed by atoms with E-state index in [4.69, 9.17) is 18.0 Å². The molecule has 4 nitrogen and oxygen atoms in total. The van der Waals surface area contributed by atoms with Gasteiger partial charge in [-0.05, 0) is 38.5 Å². The van der Waals surface area contributed by atoms with Crippen LogP contribution in [-0.4, -0.2) is 52.4 Å². The van der Waals surface area contributed by atoms with E-state index in [2.05, 4.69) is 23.6 Å². The zero-order valence-electron chi connectivity index (χ0n) is 13.2. The standard InChI is InChI=1S/C16H27N3OS/c1-16(2,15(17)21)19-9-7-18(8-10-19)14(20)13-11-5-3-4-6-12(11)13/h11-13H,3-10H2,1-2H3,(H2,17,21). The summed E-state index contributed by atoms with van der Waals surface area (Å²) >= 11 is 5.17. The van der Waals surface area contributed by atoms with E-state index in [-0.39, 0.29) is 5.54 Å². The third-order valence-electron chi connectivity index (χ3n) is 5.93. The summed E-state index contributed by atoms with van der Waals surface area (Å²) < 4.78 is 0. The van der Waals surface area contributed by atoms with Crippen LogP contribution in [0.1, 0.15) is 39.5 Å². The number of carbonyl (C=O) groups excluding carboxylic acids is 1. The average Bonchev–Trinajstić information content (AvgIpc) is 3.20. The Morgan fingerprint density at radius 1 is 1.10 bits per heavy atom. The van der Waals surface area contributed by atoms with Crippen molar-refractivity contribution in [1.82, 2.24) is 9.80 Å². The van der Waals surface area contributed by atoms with Gasteiger partial charge in [0.15, 0.2) is 0 Å². The van der Waals surface area contributed by atoms with Gasteiger partial charge in [0.05, 0.1) is 10.5 Å². The van der Waals surface area contributed by atoms with Gasteiger partial charge in [-0.15, -0.1) is 0 Å². The summed E-state index contributed by atoms with van der Waals surface area (Å²) in [6.07, 6.45) is 5.19. The minimum Gasteiger partial charge on any atom is -0.392 e. The Labute approximate surface area is 133 Å². The number of nitrogens with two attached hydrogens (primary N) is 1. The highest BCUT2D eigenvalue weighted by molar-refractivity contribution is 7.80. The molecular formula is C16H27N3OS. The molecule has 5 heteroatoms. The van der Waals surface area contributed by atoms with Crippen LogP contribution in [0.2, 0.25) is 0 Å². The summed E-state index contributed by atoms with van der Waals surface area (Å²) in [4.78, 5) is 17.6. The lowest BCUT2D eigenvalue weighted by Crippen LogP contribution is -2.60. The summed E-state index contributed by atoms with van der Waals surface area (Å²) in [6, 6.07) is 0. The van der Waals surface area contributed by atoms with Crippen LogP contribution in [0, 0.1) is 17.8 Å². The van der Waals surface area contributed by atoms with Crippen molar-refractivity contribution in [2.75, 3.05) is 26.2 Å². The van der Waals surface area contributed by atoms with Gasteiger partial charge in [0.25, 0.3) is 0 Å². The number of rotatable bonds is 3. The van der Waals surface area contributed by atoms with E-state index >= 15 is 0 Å². The molecule has 0 bridgehead atoms. The predicted molar refractivity (Wildman–Crippen MR) is 88.0 cm³/mol. The maximum atomic E-state index is 12.7. The number of nitrogens with zero attached hydrogens (tertiary/aromatic N) is 2. The van der Waals surface area contributed by atoms with Crippen molar-refractivity contribution in [3.05, 3.63) is 0 Å². The minimum atomic E-state index is -0.252. The molecule has 1 aliphatic heterocycles. The van der Waals surface area contributed by atoms with Crippen molar-refractivity contribution in [1.29, 1.82) is 0 Å². The number of hydrogen-bond donors (Lipinski definition) is 1.